The van der Waals surface area contributed by atoms with Crippen LogP contribution in [0.1, 0.15) is 31.2 Å². The SMILES string of the molecule is Clc1ccc(CNc2nc(N3CCCC3)nc(N3CCCC3)n2)cc1. The highest BCUT2D eigenvalue weighted by Gasteiger charge is 2.21. The zero-order chi connectivity index (χ0) is 17.1. The summed E-state index contributed by atoms with van der Waals surface area (Å²) >= 11 is 5.95. The molecule has 2 saturated heterocycles. The van der Waals surface area contributed by atoms with Crippen LogP contribution in [-0.2, 0) is 6.54 Å². The molecule has 0 amide bonds. The number of halogens is 1. The van der Waals surface area contributed by atoms with Gasteiger partial charge in [-0.15, -0.1) is 0 Å². The van der Waals surface area contributed by atoms with Gasteiger partial charge >= 0.3 is 0 Å². The summed E-state index contributed by atoms with van der Waals surface area (Å²) in [5.74, 6) is 2.25. The van der Waals surface area contributed by atoms with Crippen molar-refractivity contribution < 1.29 is 0 Å². The van der Waals surface area contributed by atoms with Crippen molar-refractivity contribution in [1.29, 1.82) is 0 Å². The third-order valence-electron chi connectivity index (χ3n) is 4.75. The van der Waals surface area contributed by atoms with Crippen LogP contribution in [0.25, 0.3) is 0 Å². The Morgan fingerprint density at radius 1 is 0.800 bits per heavy atom. The van der Waals surface area contributed by atoms with E-state index in [1.165, 1.54) is 25.7 Å². The van der Waals surface area contributed by atoms with Gasteiger partial charge in [-0.2, -0.15) is 15.0 Å². The van der Waals surface area contributed by atoms with Crippen molar-refractivity contribution in [3.05, 3.63) is 34.9 Å². The van der Waals surface area contributed by atoms with E-state index in [-0.39, 0.29) is 0 Å². The highest BCUT2D eigenvalue weighted by molar-refractivity contribution is 6.30. The molecule has 2 fully saturated rings. The molecule has 25 heavy (non-hydrogen) atoms. The zero-order valence-corrected chi connectivity index (χ0v) is 15.0. The summed E-state index contributed by atoms with van der Waals surface area (Å²) in [4.78, 5) is 18.6. The lowest BCUT2D eigenvalue weighted by Crippen LogP contribution is -2.26. The van der Waals surface area contributed by atoms with E-state index in [0.29, 0.717) is 12.5 Å². The quantitative estimate of drug-likeness (QED) is 0.884. The Hall–Kier alpha value is -2.08. The van der Waals surface area contributed by atoms with Crippen LogP contribution in [0.4, 0.5) is 17.8 Å². The third-order valence-corrected chi connectivity index (χ3v) is 5.01. The molecule has 2 aliphatic heterocycles. The van der Waals surface area contributed by atoms with Crippen LogP contribution >= 0.6 is 11.6 Å². The van der Waals surface area contributed by atoms with Gasteiger partial charge in [0.2, 0.25) is 17.8 Å². The summed E-state index contributed by atoms with van der Waals surface area (Å²) in [7, 11) is 0. The molecule has 0 bridgehead atoms. The Morgan fingerprint density at radius 3 is 1.84 bits per heavy atom. The van der Waals surface area contributed by atoms with E-state index in [1.54, 1.807) is 0 Å². The number of hydrogen-bond donors (Lipinski definition) is 1. The summed E-state index contributed by atoms with van der Waals surface area (Å²) in [5, 5.41) is 4.10. The molecule has 2 aliphatic rings. The van der Waals surface area contributed by atoms with Crippen LogP contribution in [0.2, 0.25) is 5.02 Å². The Morgan fingerprint density at radius 2 is 1.32 bits per heavy atom. The Bertz CT molecular complexity index is 674. The largest absolute Gasteiger partial charge is 0.350 e. The van der Waals surface area contributed by atoms with Gasteiger partial charge in [-0.05, 0) is 43.4 Å². The van der Waals surface area contributed by atoms with Gasteiger partial charge in [-0.3, -0.25) is 0 Å². The highest BCUT2D eigenvalue weighted by Crippen LogP contribution is 2.23. The fourth-order valence-electron chi connectivity index (χ4n) is 3.33. The number of anilines is 3. The van der Waals surface area contributed by atoms with Crippen LogP contribution < -0.4 is 15.1 Å². The zero-order valence-electron chi connectivity index (χ0n) is 14.3. The molecule has 7 heteroatoms. The number of nitrogens with zero attached hydrogens (tertiary/aromatic N) is 5. The van der Waals surface area contributed by atoms with Gasteiger partial charge in [0, 0.05) is 37.7 Å². The standard InChI is InChI=1S/C18H23ClN6/c19-15-7-5-14(6-8-15)13-20-16-21-17(24-9-1-2-10-24)23-18(22-16)25-11-3-4-12-25/h5-8H,1-4,9-13H2,(H,20,21,22,23). The number of hydrogen-bond acceptors (Lipinski definition) is 6. The van der Waals surface area contributed by atoms with E-state index >= 15 is 0 Å². The van der Waals surface area contributed by atoms with Crippen LogP contribution in [0, 0.1) is 0 Å². The Balaban J connectivity index is 1.55. The van der Waals surface area contributed by atoms with Gasteiger partial charge in [-0.1, -0.05) is 23.7 Å². The molecule has 0 unspecified atom stereocenters. The second kappa shape index (κ2) is 7.44. The predicted molar refractivity (Wildman–Crippen MR) is 101 cm³/mol. The summed E-state index contributed by atoms with van der Waals surface area (Å²) < 4.78 is 0. The average Bonchev–Trinajstić information content (AvgIpc) is 3.35. The maximum absolute atomic E-state index is 5.95. The van der Waals surface area contributed by atoms with Crippen molar-refractivity contribution in [3.8, 4) is 0 Å². The van der Waals surface area contributed by atoms with Crippen LogP contribution in [0.15, 0.2) is 24.3 Å². The van der Waals surface area contributed by atoms with Crippen LogP contribution in [0.3, 0.4) is 0 Å². The monoisotopic (exact) mass is 358 g/mol. The number of benzene rings is 1. The van der Waals surface area contributed by atoms with Crippen molar-refractivity contribution in [2.24, 2.45) is 0 Å². The molecule has 132 valence electrons. The average molecular weight is 359 g/mol. The van der Waals surface area contributed by atoms with Gasteiger partial charge in [0.05, 0.1) is 0 Å². The van der Waals surface area contributed by atoms with Crippen molar-refractivity contribution in [2.45, 2.75) is 32.2 Å². The molecule has 0 saturated carbocycles. The minimum absolute atomic E-state index is 0.647. The minimum Gasteiger partial charge on any atom is -0.350 e. The first-order valence-corrected chi connectivity index (χ1v) is 9.40. The Labute approximate surface area is 153 Å². The van der Waals surface area contributed by atoms with E-state index in [2.05, 4.69) is 25.1 Å². The lowest BCUT2D eigenvalue weighted by molar-refractivity contribution is 0.836. The first-order chi connectivity index (χ1) is 12.3. The molecule has 0 atom stereocenters. The molecule has 2 aromatic rings. The summed E-state index contributed by atoms with van der Waals surface area (Å²) in [6.07, 6.45) is 4.83. The maximum Gasteiger partial charge on any atom is 0.231 e. The normalized spacial score (nSPS) is 17.3. The number of nitrogens with one attached hydrogen (secondary N) is 1. The first kappa shape index (κ1) is 16.4. The Kier molecular flexibility index (Phi) is 4.88. The van der Waals surface area contributed by atoms with E-state index in [4.69, 9.17) is 16.6 Å². The number of rotatable bonds is 5. The fourth-order valence-corrected chi connectivity index (χ4v) is 3.46. The lowest BCUT2D eigenvalue weighted by Gasteiger charge is -2.20. The molecular weight excluding hydrogens is 336 g/mol. The molecule has 1 aromatic carbocycles. The molecule has 3 heterocycles. The van der Waals surface area contributed by atoms with Gasteiger partial charge in [0.15, 0.2) is 0 Å². The van der Waals surface area contributed by atoms with Gasteiger partial charge < -0.3 is 15.1 Å². The van der Waals surface area contributed by atoms with Gasteiger partial charge in [-0.25, -0.2) is 0 Å². The maximum atomic E-state index is 5.95. The lowest BCUT2D eigenvalue weighted by atomic mass is 10.2. The minimum atomic E-state index is 0.647. The molecule has 1 aromatic heterocycles. The van der Waals surface area contributed by atoms with E-state index in [0.717, 1.165) is 48.7 Å². The van der Waals surface area contributed by atoms with E-state index in [9.17, 15) is 0 Å². The second-order valence-corrected chi connectivity index (χ2v) is 7.06. The molecule has 0 spiro atoms. The number of aromatic nitrogens is 3. The molecule has 4 rings (SSSR count). The molecule has 1 N–H and O–H groups in total. The molecule has 0 radical (unpaired) electrons. The van der Waals surface area contributed by atoms with Crippen LogP contribution in [0.5, 0.6) is 0 Å². The smallest absolute Gasteiger partial charge is 0.231 e. The fraction of sp³-hybridized carbons (Fsp3) is 0.500. The summed E-state index contributed by atoms with van der Waals surface area (Å²) in [6, 6.07) is 7.83. The van der Waals surface area contributed by atoms with Crippen molar-refractivity contribution in [2.75, 3.05) is 41.3 Å². The first-order valence-electron chi connectivity index (χ1n) is 9.02. The summed E-state index contributed by atoms with van der Waals surface area (Å²) in [5.41, 5.74) is 1.15. The third kappa shape index (κ3) is 3.95. The highest BCUT2D eigenvalue weighted by atomic mass is 35.5. The van der Waals surface area contributed by atoms with E-state index < -0.39 is 0 Å². The summed E-state index contributed by atoms with van der Waals surface area (Å²) in [6.45, 7) is 4.78. The second-order valence-electron chi connectivity index (χ2n) is 6.63. The topological polar surface area (TPSA) is 57.2 Å². The van der Waals surface area contributed by atoms with Crippen LogP contribution in [-0.4, -0.2) is 41.1 Å². The van der Waals surface area contributed by atoms with Crippen molar-refractivity contribution in [3.63, 3.8) is 0 Å². The van der Waals surface area contributed by atoms with E-state index in [1.807, 2.05) is 24.3 Å². The predicted octanol–water partition coefficient (Wildman–Crippen LogP) is 3.34. The molecule has 0 aliphatic carbocycles. The molecular formula is C18H23ClN6. The van der Waals surface area contributed by atoms with Gasteiger partial charge in [0.1, 0.15) is 0 Å². The molecule has 6 nitrogen and oxygen atoms in total. The van der Waals surface area contributed by atoms with Crippen molar-refractivity contribution in [1.82, 2.24) is 15.0 Å². The van der Waals surface area contributed by atoms with Crippen molar-refractivity contribution >= 4 is 29.4 Å². The van der Waals surface area contributed by atoms with Gasteiger partial charge in [0.25, 0.3) is 0 Å².